The lowest BCUT2D eigenvalue weighted by molar-refractivity contribution is 0.0583. The fourth-order valence-electron chi connectivity index (χ4n) is 3.32. The van der Waals surface area contributed by atoms with Crippen LogP contribution in [-0.2, 0) is 10.8 Å². The van der Waals surface area contributed by atoms with Crippen molar-refractivity contribution in [3.63, 3.8) is 0 Å². The molecule has 0 saturated carbocycles. The van der Waals surface area contributed by atoms with Gasteiger partial charge in [-0.25, -0.2) is 22.0 Å². The van der Waals surface area contributed by atoms with E-state index < -0.39 is 34.6 Å². The van der Waals surface area contributed by atoms with Crippen LogP contribution in [0.2, 0.25) is 0 Å². The van der Waals surface area contributed by atoms with Crippen molar-refractivity contribution in [3.8, 4) is 0 Å². The Bertz CT molecular complexity index is 538. The second kappa shape index (κ2) is 11.0. The van der Waals surface area contributed by atoms with E-state index in [-0.39, 0.29) is 12.0 Å². The Kier molecular flexibility index (Phi) is 9.78. The van der Waals surface area contributed by atoms with Crippen LogP contribution in [0.1, 0.15) is 77.2 Å². The summed E-state index contributed by atoms with van der Waals surface area (Å²) in [6, 6.07) is 0. The van der Waals surface area contributed by atoms with Crippen LogP contribution in [0.15, 0.2) is 0 Å². The zero-order valence-electron chi connectivity index (χ0n) is 15.9. The number of benzene rings is 1. The van der Waals surface area contributed by atoms with Gasteiger partial charge in [0.25, 0.3) is 0 Å². The van der Waals surface area contributed by atoms with E-state index in [1.165, 1.54) is 0 Å². The van der Waals surface area contributed by atoms with Crippen molar-refractivity contribution < 1.29 is 26.4 Å². The first-order valence-corrected chi connectivity index (χ1v) is 10.2. The van der Waals surface area contributed by atoms with Crippen LogP contribution in [0, 0.1) is 29.1 Å². The number of halogens is 5. The average Bonchev–Trinajstić information content (AvgIpc) is 2.66. The van der Waals surface area contributed by atoms with Gasteiger partial charge in [-0.1, -0.05) is 46.0 Å². The van der Waals surface area contributed by atoms with Crippen molar-refractivity contribution in [3.05, 3.63) is 34.6 Å². The maximum Gasteiger partial charge on any atom is 0.200 e. The summed E-state index contributed by atoms with van der Waals surface area (Å²) in [5, 5.41) is 0. The van der Waals surface area contributed by atoms with Crippen LogP contribution in [0.25, 0.3) is 0 Å². The van der Waals surface area contributed by atoms with Crippen molar-refractivity contribution >= 4 is 10.5 Å². The molecular formula is C19H29F5OSi. The molecular weight excluding hydrogens is 367 g/mol. The highest BCUT2D eigenvalue weighted by Gasteiger charge is 2.25. The van der Waals surface area contributed by atoms with Crippen molar-refractivity contribution in [1.29, 1.82) is 0 Å². The van der Waals surface area contributed by atoms with Crippen molar-refractivity contribution in [2.45, 2.75) is 83.7 Å². The van der Waals surface area contributed by atoms with E-state index in [4.69, 9.17) is 4.43 Å². The minimum absolute atomic E-state index is 0.0119. The highest BCUT2D eigenvalue weighted by Crippen LogP contribution is 2.27. The molecule has 150 valence electrons. The maximum atomic E-state index is 13.6. The molecule has 0 bridgehead atoms. The number of unbranched alkanes of at least 4 members (excludes halogenated alkanes) is 5. The van der Waals surface area contributed by atoms with Gasteiger partial charge in [0.15, 0.2) is 23.3 Å². The molecule has 0 atom stereocenters. The molecule has 0 radical (unpaired) electrons. The quantitative estimate of drug-likeness (QED) is 0.149. The third-order valence-corrected chi connectivity index (χ3v) is 6.20. The second-order valence-corrected chi connectivity index (χ2v) is 7.17. The molecule has 0 saturated heterocycles. The molecule has 0 spiro atoms. The van der Waals surface area contributed by atoms with Gasteiger partial charge in [0.2, 0.25) is 5.82 Å². The number of hydrogen-bond acceptors (Lipinski definition) is 1. The fourth-order valence-corrected chi connectivity index (χ4v) is 4.10. The lowest BCUT2D eigenvalue weighted by Gasteiger charge is -2.31. The van der Waals surface area contributed by atoms with E-state index in [1.54, 1.807) is 0 Å². The van der Waals surface area contributed by atoms with Gasteiger partial charge in [0.05, 0.1) is 5.60 Å². The minimum Gasteiger partial charge on any atom is -0.422 e. The third-order valence-electron chi connectivity index (χ3n) is 5.33. The smallest absolute Gasteiger partial charge is 0.200 e. The monoisotopic (exact) mass is 396 g/mol. The lowest BCUT2D eigenvalue weighted by atomic mass is 9.90. The Labute approximate surface area is 155 Å². The Morgan fingerprint density at radius 3 is 1.58 bits per heavy atom. The first-order valence-electron chi connectivity index (χ1n) is 9.39. The van der Waals surface area contributed by atoms with E-state index in [1.807, 2.05) is 0 Å². The van der Waals surface area contributed by atoms with E-state index in [2.05, 4.69) is 13.8 Å². The molecule has 26 heavy (non-hydrogen) atoms. The van der Waals surface area contributed by atoms with Crippen LogP contribution in [0.5, 0.6) is 0 Å². The van der Waals surface area contributed by atoms with Gasteiger partial charge in [-0.05, 0) is 32.1 Å². The van der Waals surface area contributed by atoms with Gasteiger partial charge in [-0.2, -0.15) is 0 Å². The Morgan fingerprint density at radius 2 is 1.12 bits per heavy atom. The Balaban J connectivity index is 2.33. The first-order chi connectivity index (χ1) is 12.3. The van der Waals surface area contributed by atoms with Crippen molar-refractivity contribution in [2.24, 2.45) is 0 Å². The number of hydrogen-bond donors (Lipinski definition) is 0. The van der Waals surface area contributed by atoms with Gasteiger partial charge < -0.3 is 4.43 Å². The summed E-state index contributed by atoms with van der Waals surface area (Å²) < 4.78 is 72.1. The summed E-state index contributed by atoms with van der Waals surface area (Å²) in [5.74, 6) is -9.25. The summed E-state index contributed by atoms with van der Waals surface area (Å²) in [6.07, 6.45) is 7.99. The highest BCUT2D eigenvalue weighted by atomic mass is 28.2. The topological polar surface area (TPSA) is 9.23 Å². The van der Waals surface area contributed by atoms with Gasteiger partial charge in [0, 0.05) is 5.56 Å². The Morgan fingerprint density at radius 1 is 0.692 bits per heavy atom. The molecule has 0 aliphatic heterocycles. The van der Waals surface area contributed by atoms with Crippen LogP contribution in [0.4, 0.5) is 22.0 Å². The van der Waals surface area contributed by atoms with Crippen molar-refractivity contribution in [1.82, 2.24) is 0 Å². The molecule has 7 heteroatoms. The summed E-state index contributed by atoms with van der Waals surface area (Å²) in [4.78, 5) is 0. The predicted octanol–water partition coefficient (Wildman–Crippen LogP) is 5.51. The molecule has 1 aromatic rings. The van der Waals surface area contributed by atoms with Gasteiger partial charge in [0.1, 0.15) is 10.5 Å². The molecule has 1 aromatic carbocycles. The highest BCUT2D eigenvalue weighted by molar-refractivity contribution is 5.98. The molecule has 1 nitrogen and oxygen atoms in total. The third kappa shape index (κ3) is 5.77. The van der Waals surface area contributed by atoms with Crippen LogP contribution >= 0.6 is 0 Å². The van der Waals surface area contributed by atoms with E-state index in [0.717, 1.165) is 55.4 Å². The number of rotatable bonds is 12. The molecule has 0 aromatic heterocycles. The fraction of sp³-hybridized carbons (Fsp3) is 0.684. The van der Waals surface area contributed by atoms with Crippen LogP contribution < -0.4 is 0 Å². The summed E-state index contributed by atoms with van der Waals surface area (Å²) in [6.45, 7) is 4.28. The van der Waals surface area contributed by atoms with E-state index in [0.29, 0.717) is 12.8 Å². The second-order valence-electron chi connectivity index (χ2n) is 6.76. The normalized spacial score (nSPS) is 12.1. The molecule has 0 unspecified atom stereocenters. The van der Waals surface area contributed by atoms with Gasteiger partial charge in [-0.3, -0.25) is 0 Å². The zero-order valence-corrected chi connectivity index (χ0v) is 17.9. The standard InChI is InChI=1S/C19H29F5OSi/c1-3-19(4-2,25-26)12-10-8-6-5-7-9-11-13-14(20)16(22)18(24)17(23)15(13)21/h3-12H2,1-2,26H3. The summed E-state index contributed by atoms with van der Waals surface area (Å²) in [5.41, 5.74) is -0.695. The lowest BCUT2D eigenvalue weighted by Crippen LogP contribution is -2.30. The predicted molar refractivity (Wildman–Crippen MR) is 96.6 cm³/mol. The summed E-state index contributed by atoms with van der Waals surface area (Å²) >= 11 is 0. The van der Waals surface area contributed by atoms with Crippen LogP contribution in [-0.4, -0.2) is 16.1 Å². The average molecular weight is 397 g/mol. The van der Waals surface area contributed by atoms with Crippen molar-refractivity contribution in [2.75, 3.05) is 0 Å². The Hall–Kier alpha value is -0.953. The molecule has 0 aliphatic carbocycles. The molecule has 0 N–H and O–H groups in total. The first kappa shape index (κ1) is 23.1. The van der Waals surface area contributed by atoms with Crippen LogP contribution in [0.3, 0.4) is 0 Å². The summed E-state index contributed by atoms with van der Waals surface area (Å²) in [7, 11) is 0.732. The van der Waals surface area contributed by atoms with E-state index >= 15 is 0 Å². The largest absolute Gasteiger partial charge is 0.422 e. The van der Waals surface area contributed by atoms with Gasteiger partial charge >= 0.3 is 0 Å². The molecule has 0 heterocycles. The molecule has 0 fully saturated rings. The molecule has 0 amide bonds. The maximum absolute atomic E-state index is 13.6. The zero-order chi connectivity index (χ0) is 19.7. The van der Waals surface area contributed by atoms with E-state index in [9.17, 15) is 22.0 Å². The SMILES string of the molecule is CCC(CC)(CCCCCCCCc1c(F)c(F)c(F)c(F)c1F)O[SiH3]. The minimum atomic E-state index is -2.10. The van der Waals surface area contributed by atoms with Gasteiger partial charge in [-0.15, -0.1) is 0 Å². The molecule has 1 rings (SSSR count). The molecule has 0 aliphatic rings.